The van der Waals surface area contributed by atoms with Crippen LogP contribution < -0.4 is 9.62 Å². The number of rotatable bonds is 13. The van der Waals surface area contributed by atoms with Gasteiger partial charge in [0.05, 0.1) is 10.6 Å². The van der Waals surface area contributed by atoms with Crippen molar-refractivity contribution in [2.75, 3.05) is 17.4 Å². The van der Waals surface area contributed by atoms with Crippen LogP contribution in [0.2, 0.25) is 0 Å². The first-order chi connectivity index (χ1) is 21.1. The largest absolute Gasteiger partial charge is 0.354 e. The number of carbonyl (C=O) groups is 2. The van der Waals surface area contributed by atoms with E-state index in [1.165, 1.54) is 4.90 Å². The van der Waals surface area contributed by atoms with E-state index in [9.17, 15) is 18.0 Å². The maximum absolute atomic E-state index is 14.5. The van der Waals surface area contributed by atoms with Crippen molar-refractivity contribution in [3.63, 3.8) is 0 Å². The third-order valence-corrected chi connectivity index (χ3v) is 9.56. The molecule has 0 aliphatic carbocycles. The maximum Gasteiger partial charge on any atom is 0.264 e. The van der Waals surface area contributed by atoms with Gasteiger partial charge in [0, 0.05) is 24.0 Å². The summed E-state index contributed by atoms with van der Waals surface area (Å²) in [5.74, 6) is -0.777. The number of aryl methyl sites for hydroxylation is 2. The topological polar surface area (TPSA) is 86.8 Å². The smallest absolute Gasteiger partial charge is 0.264 e. The summed E-state index contributed by atoms with van der Waals surface area (Å²) in [5, 5.41) is 2.97. The van der Waals surface area contributed by atoms with Crippen LogP contribution in [0.15, 0.2) is 112 Å². The molecule has 0 bridgehead atoms. The number of hydrogen-bond acceptors (Lipinski definition) is 4. The molecule has 0 aromatic heterocycles. The number of carbonyl (C=O) groups excluding carboxylic acids is 2. The first-order valence-electron chi connectivity index (χ1n) is 14.6. The molecule has 44 heavy (non-hydrogen) atoms. The standard InChI is InChI=1S/C35H38BrN3O4S/c1-4-21-37-35(41)33(22-28-9-6-5-7-10-28)38(24-29-17-13-26(2)14-18-29)34(40)25-39(31-12-8-11-30(36)23-31)44(42,43)32-19-15-27(3)16-20-32/h5-20,23,33H,4,21-22,24-25H2,1-3H3,(H,37,41). The second-order valence-electron chi connectivity index (χ2n) is 10.8. The van der Waals surface area contributed by atoms with Crippen molar-refractivity contribution in [1.82, 2.24) is 10.2 Å². The van der Waals surface area contributed by atoms with Crippen molar-refractivity contribution >= 4 is 43.5 Å². The van der Waals surface area contributed by atoms with Gasteiger partial charge < -0.3 is 10.2 Å². The Balaban J connectivity index is 1.79. The van der Waals surface area contributed by atoms with Gasteiger partial charge in [-0.3, -0.25) is 13.9 Å². The summed E-state index contributed by atoms with van der Waals surface area (Å²) >= 11 is 3.44. The Labute approximate surface area is 269 Å². The number of benzene rings is 4. The van der Waals surface area contributed by atoms with E-state index in [0.717, 1.165) is 33.0 Å². The van der Waals surface area contributed by atoms with Crippen molar-refractivity contribution in [1.29, 1.82) is 0 Å². The summed E-state index contributed by atoms with van der Waals surface area (Å²) in [5.41, 5.74) is 4.04. The number of amides is 2. The maximum atomic E-state index is 14.5. The summed E-state index contributed by atoms with van der Waals surface area (Å²) in [4.78, 5) is 29.7. The minimum Gasteiger partial charge on any atom is -0.354 e. The quantitative estimate of drug-likeness (QED) is 0.177. The van der Waals surface area contributed by atoms with Gasteiger partial charge in [0.2, 0.25) is 11.8 Å². The highest BCUT2D eigenvalue weighted by atomic mass is 79.9. The van der Waals surface area contributed by atoms with Crippen molar-refractivity contribution in [3.05, 3.63) is 130 Å². The van der Waals surface area contributed by atoms with E-state index in [1.807, 2.05) is 75.4 Å². The summed E-state index contributed by atoms with van der Waals surface area (Å²) < 4.78 is 30.0. The van der Waals surface area contributed by atoms with Crippen molar-refractivity contribution in [3.8, 4) is 0 Å². The van der Waals surface area contributed by atoms with Gasteiger partial charge in [-0.15, -0.1) is 0 Å². The molecule has 1 atom stereocenters. The van der Waals surface area contributed by atoms with Crippen LogP contribution >= 0.6 is 15.9 Å². The molecular weight excluding hydrogens is 638 g/mol. The van der Waals surface area contributed by atoms with Crippen LogP contribution in [0.3, 0.4) is 0 Å². The molecule has 9 heteroatoms. The summed E-state index contributed by atoms with van der Waals surface area (Å²) in [6.45, 7) is 5.93. The number of halogens is 1. The molecule has 2 amide bonds. The zero-order chi connectivity index (χ0) is 31.7. The molecule has 4 aromatic rings. The normalized spacial score (nSPS) is 11.9. The molecule has 1 unspecified atom stereocenters. The first-order valence-corrected chi connectivity index (χ1v) is 16.8. The highest BCUT2D eigenvalue weighted by molar-refractivity contribution is 9.10. The van der Waals surface area contributed by atoms with E-state index < -0.39 is 28.5 Å². The van der Waals surface area contributed by atoms with Crippen LogP contribution in [0.4, 0.5) is 5.69 Å². The van der Waals surface area contributed by atoms with E-state index in [4.69, 9.17) is 0 Å². The molecule has 7 nitrogen and oxygen atoms in total. The van der Waals surface area contributed by atoms with E-state index in [1.54, 1.807) is 48.5 Å². The van der Waals surface area contributed by atoms with E-state index >= 15 is 0 Å². The predicted molar refractivity (Wildman–Crippen MR) is 179 cm³/mol. The van der Waals surface area contributed by atoms with Gasteiger partial charge in [-0.25, -0.2) is 8.42 Å². The van der Waals surface area contributed by atoms with E-state index in [-0.39, 0.29) is 23.8 Å². The highest BCUT2D eigenvalue weighted by Gasteiger charge is 2.34. The lowest BCUT2D eigenvalue weighted by molar-refractivity contribution is -0.140. The Morgan fingerprint density at radius 2 is 1.45 bits per heavy atom. The molecule has 1 N–H and O–H groups in total. The average molecular weight is 677 g/mol. The number of sulfonamides is 1. The SMILES string of the molecule is CCCNC(=O)C(Cc1ccccc1)N(Cc1ccc(C)cc1)C(=O)CN(c1cccc(Br)c1)S(=O)(=O)c1ccc(C)cc1. The zero-order valence-electron chi connectivity index (χ0n) is 25.2. The van der Waals surface area contributed by atoms with Crippen LogP contribution in [0.5, 0.6) is 0 Å². The lowest BCUT2D eigenvalue weighted by atomic mass is 10.0. The second kappa shape index (κ2) is 15.2. The average Bonchev–Trinajstić information content (AvgIpc) is 3.01. The predicted octanol–water partition coefficient (Wildman–Crippen LogP) is 6.43. The van der Waals surface area contributed by atoms with Crippen LogP contribution in [-0.2, 0) is 32.6 Å². The molecule has 0 saturated heterocycles. The first kappa shape index (κ1) is 33.0. The summed E-state index contributed by atoms with van der Waals surface area (Å²) in [6, 6.07) is 29.8. The molecule has 0 aliphatic heterocycles. The van der Waals surface area contributed by atoms with Crippen LogP contribution in [0.25, 0.3) is 0 Å². The van der Waals surface area contributed by atoms with Crippen molar-refractivity contribution < 1.29 is 18.0 Å². The second-order valence-corrected chi connectivity index (χ2v) is 13.6. The number of nitrogens with zero attached hydrogens (tertiary/aromatic N) is 2. The Morgan fingerprint density at radius 3 is 2.07 bits per heavy atom. The Kier molecular flexibility index (Phi) is 11.4. The molecule has 0 radical (unpaired) electrons. The third kappa shape index (κ3) is 8.57. The molecule has 0 aliphatic rings. The van der Waals surface area contributed by atoms with Crippen molar-refractivity contribution in [2.45, 2.75) is 51.1 Å². The van der Waals surface area contributed by atoms with Gasteiger partial charge in [0.25, 0.3) is 10.0 Å². The van der Waals surface area contributed by atoms with Gasteiger partial charge in [0.1, 0.15) is 12.6 Å². The minimum absolute atomic E-state index is 0.0717. The third-order valence-electron chi connectivity index (χ3n) is 7.28. The fourth-order valence-corrected chi connectivity index (χ4v) is 6.60. The van der Waals surface area contributed by atoms with E-state index in [0.29, 0.717) is 16.7 Å². The summed E-state index contributed by atoms with van der Waals surface area (Å²) in [7, 11) is -4.15. The van der Waals surface area contributed by atoms with Gasteiger partial charge in [-0.2, -0.15) is 0 Å². The van der Waals surface area contributed by atoms with Crippen LogP contribution in [-0.4, -0.2) is 44.3 Å². The zero-order valence-corrected chi connectivity index (χ0v) is 27.6. The molecule has 0 saturated carbocycles. The van der Waals surface area contributed by atoms with Crippen molar-refractivity contribution in [2.24, 2.45) is 0 Å². The lowest BCUT2D eigenvalue weighted by Gasteiger charge is -2.34. The lowest BCUT2D eigenvalue weighted by Crippen LogP contribution is -2.53. The Bertz CT molecular complexity index is 1660. The van der Waals surface area contributed by atoms with Gasteiger partial charge in [-0.1, -0.05) is 107 Å². The van der Waals surface area contributed by atoms with Crippen LogP contribution in [0, 0.1) is 13.8 Å². The summed E-state index contributed by atoms with van der Waals surface area (Å²) in [6.07, 6.45) is 1.01. The minimum atomic E-state index is -4.15. The van der Waals surface area contributed by atoms with E-state index in [2.05, 4.69) is 21.2 Å². The molecule has 4 rings (SSSR count). The number of anilines is 1. The fourth-order valence-electron chi connectivity index (χ4n) is 4.81. The number of hydrogen-bond donors (Lipinski definition) is 1. The van der Waals surface area contributed by atoms with Gasteiger partial charge >= 0.3 is 0 Å². The fraction of sp³-hybridized carbons (Fsp3) is 0.257. The van der Waals surface area contributed by atoms with Gasteiger partial charge in [0.15, 0.2) is 0 Å². The highest BCUT2D eigenvalue weighted by Crippen LogP contribution is 2.27. The molecule has 4 aromatic carbocycles. The Morgan fingerprint density at radius 1 is 0.818 bits per heavy atom. The molecule has 0 fully saturated rings. The molecule has 0 heterocycles. The molecule has 230 valence electrons. The molecule has 0 spiro atoms. The van der Waals surface area contributed by atoms with Crippen LogP contribution in [0.1, 0.15) is 35.6 Å². The Hall–Kier alpha value is -3.95. The molecular formula is C35H38BrN3O4S. The monoisotopic (exact) mass is 675 g/mol. The number of nitrogens with one attached hydrogen (secondary N) is 1. The van der Waals surface area contributed by atoms with Gasteiger partial charge in [-0.05, 0) is 61.7 Å².